The first kappa shape index (κ1) is 21.3. The highest BCUT2D eigenvalue weighted by atomic mass is 32.2. The molecule has 29 heavy (non-hydrogen) atoms. The molecule has 0 unspecified atom stereocenters. The van der Waals surface area contributed by atoms with Crippen molar-refractivity contribution in [2.75, 3.05) is 23.0 Å². The van der Waals surface area contributed by atoms with Gasteiger partial charge in [-0.25, -0.2) is 13.4 Å². The number of hydrogen-bond donors (Lipinski definition) is 0. The number of thiazole rings is 1. The summed E-state index contributed by atoms with van der Waals surface area (Å²) in [6.07, 6.45) is 0. The number of amides is 1. The molecule has 0 aliphatic heterocycles. The SMILES string of the molecule is CCOc1ccc(N(C(=O)CS(=O)(=O)CC(C)C)c2nc3ccccc3s2)cc1. The zero-order valence-corrected chi connectivity index (χ0v) is 18.3. The Balaban J connectivity index is 2.00. The third-order valence-corrected chi connectivity index (χ3v) is 6.94. The maximum Gasteiger partial charge on any atom is 0.248 e. The van der Waals surface area contributed by atoms with Crippen LogP contribution in [0.4, 0.5) is 10.8 Å². The largest absolute Gasteiger partial charge is 0.494 e. The van der Waals surface area contributed by atoms with Crippen LogP contribution in [0.25, 0.3) is 10.2 Å². The summed E-state index contributed by atoms with van der Waals surface area (Å²) in [5.74, 6) is -0.479. The van der Waals surface area contributed by atoms with Crippen molar-refractivity contribution in [2.45, 2.75) is 20.8 Å². The van der Waals surface area contributed by atoms with Gasteiger partial charge in [-0.05, 0) is 49.2 Å². The van der Waals surface area contributed by atoms with E-state index in [0.29, 0.717) is 23.2 Å². The molecule has 0 aliphatic carbocycles. The van der Waals surface area contributed by atoms with Crippen molar-refractivity contribution >= 4 is 48.1 Å². The van der Waals surface area contributed by atoms with Gasteiger partial charge in [0.1, 0.15) is 11.5 Å². The highest BCUT2D eigenvalue weighted by Crippen LogP contribution is 2.34. The monoisotopic (exact) mass is 432 g/mol. The lowest BCUT2D eigenvalue weighted by Crippen LogP contribution is -2.33. The lowest BCUT2D eigenvalue weighted by atomic mass is 10.3. The maximum absolute atomic E-state index is 13.1. The number of hydrogen-bond acceptors (Lipinski definition) is 6. The zero-order valence-electron chi connectivity index (χ0n) is 16.7. The molecule has 3 rings (SSSR count). The van der Waals surface area contributed by atoms with Gasteiger partial charge in [-0.15, -0.1) is 0 Å². The summed E-state index contributed by atoms with van der Waals surface area (Å²) in [6, 6.07) is 14.6. The van der Waals surface area contributed by atoms with Crippen LogP contribution in [-0.4, -0.2) is 37.4 Å². The third-order valence-electron chi connectivity index (χ3n) is 4.06. The van der Waals surface area contributed by atoms with Crippen molar-refractivity contribution in [2.24, 2.45) is 5.92 Å². The Kier molecular flexibility index (Phi) is 6.54. The van der Waals surface area contributed by atoms with E-state index in [9.17, 15) is 13.2 Å². The van der Waals surface area contributed by atoms with Gasteiger partial charge in [0.05, 0.1) is 28.3 Å². The minimum absolute atomic E-state index is 0.0320. The average Bonchev–Trinajstić information content (AvgIpc) is 3.05. The molecule has 1 aromatic heterocycles. The minimum Gasteiger partial charge on any atom is -0.494 e. The number of sulfone groups is 1. The molecule has 0 radical (unpaired) electrons. The molecule has 8 heteroatoms. The number of fused-ring (bicyclic) bond motifs is 1. The van der Waals surface area contributed by atoms with E-state index in [1.807, 2.05) is 45.0 Å². The molecule has 0 saturated carbocycles. The molecule has 3 aromatic rings. The zero-order chi connectivity index (χ0) is 21.0. The van der Waals surface area contributed by atoms with E-state index in [4.69, 9.17) is 4.74 Å². The molecule has 0 spiro atoms. The van der Waals surface area contributed by atoms with Gasteiger partial charge in [0.2, 0.25) is 5.91 Å². The van der Waals surface area contributed by atoms with E-state index in [0.717, 1.165) is 10.2 Å². The van der Waals surface area contributed by atoms with Crippen molar-refractivity contribution in [1.82, 2.24) is 4.98 Å². The van der Waals surface area contributed by atoms with Gasteiger partial charge in [-0.2, -0.15) is 0 Å². The Morgan fingerprint density at radius 1 is 1.14 bits per heavy atom. The number of aromatic nitrogens is 1. The van der Waals surface area contributed by atoms with Crippen LogP contribution in [-0.2, 0) is 14.6 Å². The molecule has 0 atom stereocenters. The summed E-state index contributed by atoms with van der Waals surface area (Å²) in [5.41, 5.74) is 1.32. The van der Waals surface area contributed by atoms with Crippen molar-refractivity contribution in [3.8, 4) is 5.75 Å². The van der Waals surface area contributed by atoms with Crippen LogP contribution in [0.1, 0.15) is 20.8 Å². The average molecular weight is 433 g/mol. The standard InChI is InChI=1S/C21H24N2O4S2/c1-4-27-17-11-9-16(10-12-17)23(20(24)14-29(25,26)13-15(2)3)21-22-18-7-5-6-8-19(18)28-21/h5-12,15H,4,13-14H2,1-3H3. The van der Waals surface area contributed by atoms with Gasteiger partial charge in [0.15, 0.2) is 15.0 Å². The molecule has 0 bridgehead atoms. The summed E-state index contributed by atoms with van der Waals surface area (Å²) in [7, 11) is -3.53. The van der Waals surface area contributed by atoms with Crippen LogP contribution in [0.3, 0.4) is 0 Å². The number of anilines is 2. The van der Waals surface area contributed by atoms with E-state index in [-0.39, 0.29) is 11.7 Å². The number of rotatable bonds is 8. The Morgan fingerprint density at radius 3 is 2.45 bits per heavy atom. The highest BCUT2D eigenvalue weighted by Gasteiger charge is 2.27. The van der Waals surface area contributed by atoms with Gasteiger partial charge in [-0.3, -0.25) is 9.69 Å². The summed E-state index contributed by atoms with van der Waals surface area (Å²) >= 11 is 1.35. The lowest BCUT2D eigenvalue weighted by molar-refractivity contribution is -0.115. The number of para-hydroxylation sites is 1. The van der Waals surface area contributed by atoms with Crippen molar-refractivity contribution in [3.05, 3.63) is 48.5 Å². The van der Waals surface area contributed by atoms with Crippen LogP contribution in [0.15, 0.2) is 48.5 Å². The smallest absolute Gasteiger partial charge is 0.248 e. The van der Waals surface area contributed by atoms with Crippen molar-refractivity contribution < 1.29 is 17.9 Å². The molecule has 6 nitrogen and oxygen atoms in total. The van der Waals surface area contributed by atoms with Gasteiger partial charge in [0.25, 0.3) is 0 Å². The molecule has 2 aromatic carbocycles. The first-order valence-corrected chi connectivity index (χ1v) is 12.0. The first-order valence-electron chi connectivity index (χ1n) is 9.41. The second kappa shape index (κ2) is 8.92. The maximum atomic E-state index is 13.1. The van der Waals surface area contributed by atoms with E-state index >= 15 is 0 Å². The van der Waals surface area contributed by atoms with Crippen LogP contribution in [0.5, 0.6) is 5.75 Å². The summed E-state index contributed by atoms with van der Waals surface area (Å²) in [6.45, 7) is 6.07. The highest BCUT2D eigenvalue weighted by molar-refractivity contribution is 7.92. The molecule has 1 heterocycles. The number of benzene rings is 2. The van der Waals surface area contributed by atoms with Crippen molar-refractivity contribution in [3.63, 3.8) is 0 Å². The number of carbonyl (C=O) groups excluding carboxylic acids is 1. The van der Waals surface area contributed by atoms with Crippen LogP contribution >= 0.6 is 11.3 Å². The molecule has 154 valence electrons. The number of ether oxygens (including phenoxy) is 1. The second-order valence-corrected chi connectivity index (χ2v) is 10.2. The summed E-state index contributed by atoms with van der Waals surface area (Å²) < 4.78 is 31.3. The van der Waals surface area contributed by atoms with E-state index in [1.54, 1.807) is 24.3 Å². The fourth-order valence-corrected chi connectivity index (χ4v) is 5.64. The van der Waals surface area contributed by atoms with Gasteiger partial charge in [0, 0.05) is 0 Å². The summed E-state index contributed by atoms with van der Waals surface area (Å²) in [5, 5.41) is 0.445. The second-order valence-electron chi connectivity index (χ2n) is 7.07. The van der Waals surface area contributed by atoms with Crippen LogP contribution in [0.2, 0.25) is 0 Å². The normalized spacial score (nSPS) is 11.7. The number of carbonyl (C=O) groups is 1. The predicted molar refractivity (Wildman–Crippen MR) is 118 cm³/mol. The molecule has 0 N–H and O–H groups in total. The van der Waals surface area contributed by atoms with Gasteiger partial charge >= 0.3 is 0 Å². The molecular weight excluding hydrogens is 408 g/mol. The molecule has 0 aliphatic rings. The topological polar surface area (TPSA) is 76.6 Å². The minimum atomic E-state index is -3.53. The van der Waals surface area contributed by atoms with Crippen LogP contribution in [0, 0.1) is 5.92 Å². The fourth-order valence-electron chi connectivity index (χ4n) is 2.99. The van der Waals surface area contributed by atoms with Crippen LogP contribution < -0.4 is 9.64 Å². The fraction of sp³-hybridized carbons (Fsp3) is 0.333. The number of nitrogens with zero attached hydrogens (tertiary/aromatic N) is 2. The van der Waals surface area contributed by atoms with E-state index in [2.05, 4.69) is 4.98 Å². The Bertz CT molecular complexity index is 1060. The van der Waals surface area contributed by atoms with Gasteiger partial charge < -0.3 is 4.74 Å². The van der Waals surface area contributed by atoms with E-state index in [1.165, 1.54) is 16.2 Å². The molecule has 0 saturated heterocycles. The molecule has 1 amide bonds. The lowest BCUT2D eigenvalue weighted by Gasteiger charge is -2.20. The molecule has 0 fully saturated rings. The Labute approximate surface area is 175 Å². The Hall–Kier alpha value is -2.45. The summed E-state index contributed by atoms with van der Waals surface area (Å²) in [4.78, 5) is 19.1. The molecular formula is C21H24N2O4S2. The van der Waals surface area contributed by atoms with Gasteiger partial charge in [-0.1, -0.05) is 37.3 Å². The predicted octanol–water partition coefficient (Wildman–Crippen LogP) is 4.43. The third kappa shape index (κ3) is 5.33. The first-order chi connectivity index (χ1) is 13.8. The quantitative estimate of drug-likeness (QED) is 0.526. The van der Waals surface area contributed by atoms with Crippen molar-refractivity contribution in [1.29, 1.82) is 0 Å². The van der Waals surface area contributed by atoms with E-state index < -0.39 is 21.5 Å². The Morgan fingerprint density at radius 2 is 1.83 bits per heavy atom.